The van der Waals surface area contributed by atoms with Crippen molar-refractivity contribution >= 4 is 26.7 Å². The first-order valence-corrected chi connectivity index (χ1v) is 9.23. The van der Waals surface area contributed by atoms with Crippen molar-refractivity contribution in [3.8, 4) is 6.07 Å². The predicted molar refractivity (Wildman–Crippen MR) is 95.0 cm³/mol. The number of aromatic nitrogens is 1. The Balaban J connectivity index is 2.31. The van der Waals surface area contributed by atoms with E-state index in [-0.39, 0.29) is 17.1 Å². The normalized spacial score (nSPS) is 11.4. The molecule has 1 aromatic heterocycles. The molecule has 2 aromatic carbocycles. The lowest BCUT2D eigenvalue weighted by atomic mass is 10.1. The number of fused-ring (bicyclic) bond motifs is 1. The number of benzene rings is 2. The summed E-state index contributed by atoms with van der Waals surface area (Å²) in [4.78, 5) is 12.4. The van der Waals surface area contributed by atoms with Crippen LogP contribution in [-0.2, 0) is 10.0 Å². The number of hydrogen-bond acceptors (Lipinski definition) is 4. The second kappa shape index (κ2) is 6.19. The molecular weight excluding hydrogens is 336 g/mol. The maximum absolute atomic E-state index is 13.0. The fraction of sp³-hybridized carbons (Fsp3) is 0.158. The predicted octanol–water partition coefficient (Wildman–Crippen LogP) is 3.65. The van der Waals surface area contributed by atoms with Crippen molar-refractivity contribution in [3.63, 3.8) is 0 Å². The molecule has 1 heterocycles. The van der Waals surface area contributed by atoms with Crippen LogP contribution in [0.4, 0.5) is 0 Å². The van der Waals surface area contributed by atoms with Crippen LogP contribution in [0.25, 0.3) is 10.9 Å². The Morgan fingerprint density at radius 3 is 2.44 bits per heavy atom. The van der Waals surface area contributed by atoms with E-state index in [9.17, 15) is 13.2 Å². The monoisotopic (exact) mass is 352 g/mol. The summed E-state index contributed by atoms with van der Waals surface area (Å²) in [7, 11) is -3.84. The van der Waals surface area contributed by atoms with E-state index in [1.54, 1.807) is 49.4 Å². The number of aryl methyl sites for hydroxylation is 1. The molecule has 6 heteroatoms. The van der Waals surface area contributed by atoms with Gasteiger partial charge < -0.3 is 0 Å². The van der Waals surface area contributed by atoms with Crippen molar-refractivity contribution in [3.05, 3.63) is 65.4 Å². The molecule has 0 N–H and O–H groups in total. The van der Waals surface area contributed by atoms with Gasteiger partial charge in [0.05, 0.1) is 22.0 Å². The first-order chi connectivity index (χ1) is 11.9. The van der Waals surface area contributed by atoms with Gasteiger partial charge in [-0.05, 0) is 37.3 Å². The zero-order valence-electron chi connectivity index (χ0n) is 13.9. The van der Waals surface area contributed by atoms with Crippen LogP contribution in [0.1, 0.15) is 34.8 Å². The highest BCUT2D eigenvalue weighted by Crippen LogP contribution is 2.28. The Morgan fingerprint density at radius 1 is 1.16 bits per heavy atom. The fourth-order valence-electron chi connectivity index (χ4n) is 2.71. The summed E-state index contributed by atoms with van der Waals surface area (Å²) in [6.45, 7) is 3.59. The Hall–Kier alpha value is -2.91. The SMILES string of the molecule is CCC(=O)c1cn(S(=O)(=O)c2ccc(C)cc2)c2ccc(C#N)cc12. The number of nitriles is 1. The van der Waals surface area contributed by atoms with Gasteiger partial charge in [0.1, 0.15) is 0 Å². The van der Waals surface area contributed by atoms with E-state index < -0.39 is 10.0 Å². The third-order valence-electron chi connectivity index (χ3n) is 4.10. The van der Waals surface area contributed by atoms with Crippen LogP contribution < -0.4 is 0 Å². The summed E-state index contributed by atoms with van der Waals surface area (Å²) in [6.07, 6.45) is 1.60. The third-order valence-corrected chi connectivity index (χ3v) is 5.79. The molecule has 0 saturated carbocycles. The number of rotatable bonds is 4. The molecule has 0 atom stereocenters. The van der Waals surface area contributed by atoms with E-state index >= 15 is 0 Å². The zero-order chi connectivity index (χ0) is 18.2. The average molecular weight is 352 g/mol. The summed E-state index contributed by atoms with van der Waals surface area (Å²) in [5, 5.41) is 9.57. The molecule has 0 aliphatic heterocycles. The van der Waals surface area contributed by atoms with Crippen LogP contribution in [-0.4, -0.2) is 18.2 Å². The smallest absolute Gasteiger partial charge is 0.268 e. The topological polar surface area (TPSA) is 79.9 Å². The molecule has 3 aromatic rings. The van der Waals surface area contributed by atoms with E-state index in [2.05, 4.69) is 0 Å². The number of Topliss-reactive ketones (excluding diaryl/α,β-unsaturated/α-hetero) is 1. The van der Waals surface area contributed by atoms with Crippen molar-refractivity contribution in [2.45, 2.75) is 25.2 Å². The minimum absolute atomic E-state index is 0.148. The summed E-state index contributed by atoms with van der Waals surface area (Å²) in [6, 6.07) is 13.2. The molecule has 126 valence electrons. The van der Waals surface area contributed by atoms with Crippen molar-refractivity contribution in [1.82, 2.24) is 3.97 Å². The summed E-state index contributed by atoms with van der Waals surface area (Å²) >= 11 is 0. The lowest BCUT2D eigenvalue weighted by Crippen LogP contribution is -2.12. The molecule has 0 bridgehead atoms. The Bertz CT molecular complexity index is 1120. The van der Waals surface area contributed by atoms with Crippen LogP contribution in [0, 0.1) is 18.3 Å². The van der Waals surface area contributed by atoms with E-state index in [1.807, 2.05) is 13.0 Å². The quantitative estimate of drug-likeness (QED) is 0.671. The van der Waals surface area contributed by atoms with Gasteiger partial charge >= 0.3 is 0 Å². The second-order valence-corrected chi connectivity index (χ2v) is 7.59. The first-order valence-electron chi connectivity index (χ1n) is 7.79. The largest absolute Gasteiger partial charge is 0.294 e. The molecule has 0 aliphatic rings. The number of hydrogen-bond donors (Lipinski definition) is 0. The number of carbonyl (C=O) groups is 1. The molecule has 0 fully saturated rings. The molecule has 0 aliphatic carbocycles. The Kier molecular flexibility index (Phi) is 4.19. The second-order valence-electron chi connectivity index (χ2n) is 5.78. The number of ketones is 1. The summed E-state index contributed by atoms with van der Waals surface area (Å²) in [5.41, 5.74) is 2.03. The fourth-order valence-corrected chi connectivity index (χ4v) is 4.07. The molecule has 0 radical (unpaired) electrons. The molecule has 5 nitrogen and oxygen atoms in total. The Morgan fingerprint density at radius 2 is 1.84 bits per heavy atom. The van der Waals surface area contributed by atoms with Gasteiger partial charge in [-0.3, -0.25) is 4.79 Å². The van der Waals surface area contributed by atoms with E-state index in [0.29, 0.717) is 22.0 Å². The van der Waals surface area contributed by atoms with E-state index in [4.69, 9.17) is 5.26 Å². The summed E-state index contributed by atoms with van der Waals surface area (Å²) < 4.78 is 27.2. The number of carbonyl (C=O) groups excluding carboxylic acids is 1. The van der Waals surface area contributed by atoms with Gasteiger partial charge in [-0.25, -0.2) is 12.4 Å². The zero-order valence-corrected chi connectivity index (χ0v) is 14.7. The van der Waals surface area contributed by atoms with Crippen LogP contribution >= 0.6 is 0 Å². The number of nitrogens with zero attached hydrogens (tertiary/aromatic N) is 2. The molecule has 25 heavy (non-hydrogen) atoms. The molecule has 0 saturated heterocycles. The van der Waals surface area contributed by atoms with Gasteiger partial charge in [0, 0.05) is 23.6 Å². The lowest BCUT2D eigenvalue weighted by Gasteiger charge is -2.08. The molecule has 0 amide bonds. The van der Waals surface area contributed by atoms with Crippen molar-refractivity contribution in [1.29, 1.82) is 5.26 Å². The van der Waals surface area contributed by atoms with Crippen molar-refractivity contribution in [2.75, 3.05) is 0 Å². The summed E-state index contributed by atoms with van der Waals surface area (Å²) in [5.74, 6) is -0.169. The van der Waals surface area contributed by atoms with Crippen molar-refractivity contribution < 1.29 is 13.2 Å². The molecular formula is C19H16N2O3S. The van der Waals surface area contributed by atoms with Crippen LogP contribution in [0.15, 0.2) is 53.6 Å². The van der Waals surface area contributed by atoms with Gasteiger partial charge in [-0.1, -0.05) is 24.6 Å². The molecule has 0 unspecified atom stereocenters. The van der Waals surface area contributed by atoms with Gasteiger partial charge in [0.15, 0.2) is 5.78 Å². The maximum Gasteiger partial charge on any atom is 0.268 e. The Labute approximate surface area is 146 Å². The standard InChI is InChI=1S/C19H16N2O3S/c1-3-19(22)17-12-21(18-9-6-14(11-20)10-16(17)18)25(23,24)15-7-4-13(2)5-8-15/h4-10,12H,3H2,1-2H3. The van der Waals surface area contributed by atoms with Crippen LogP contribution in [0.5, 0.6) is 0 Å². The van der Waals surface area contributed by atoms with Gasteiger partial charge in [0.25, 0.3) is 10.0 Å². The van der Waals surface area contributed by atoms with Crippen molar-refractivity contribution in [2.24, 2.45) is 0 Å². The van der Waals surface area contributed by atoms with Crippen LogP contribution in [0.3, 0.4) is 0 Å². The molecule has 3 rings (SSSR count). The van der Waals surface area contributed by atoms with Gasteiger partial charge in [-0.2, -0.15) is 5.26 Å². The highest BCUT2D eigenvalue weighted by atomic mass is 32.2. The van der Waals surface area contributed by atoms with E-state index in [0.717, 1.165) is 9.54 Å². The first kappa shape index (κ1) is 16.9. The molecule has 0 spiro atoms. The van der Waals surface area contributed by atoms with Gasteiger partial charge in [0.2, 0.25) is 0 Å². The lowest BCUT2D eigenvalue weighted by molar-refractivity contribution is 0.0989. The van der Waals surface area contributed by atoms with E-state index in [1.165, 1.54) is 6.20 Å². The minimum Gasteiger partial charge on any atom is -0.294 e. The highest BCUT2D eigenvalue weighted by molar-refractivity contribution is 7.90. The minimum atomic E-state index is -3.84. The van der Waals surface area contributed by atoms with Crippen LogP contribution in [0.2, 0.25) is 0 Å². The highest BCUT2D eigenvalue weighted by Gasteiger charge is 2.23. The third kappa shape index (κ3) is 2.83. The maximum atomic E-state index is 13.0. The average Bonchev–Trinajstić information content (AvgIpc) is 3.00. The van der Waals surface area contributed by atoms with Gasteiger partial charge in [-0.15, -0.1) is 0 Å².